The molecule has 2 N–H and O–H groups in total. The molecule has 0 bridgehead atoms. The van der Waals surface area contributed by atoms with Crippen molar-refractivity contribution in [3.63, 3.8) is 0 Å². The number of aliphatic hydroxyl groups excluding tert-OH is 2. The van der Waals surface area contributed by atoms with E-state index in [2.05, 4.69) is 24.3 Å². The Balaban J connectivity index is 3.01. The van der Waals surface area contributed by atoms with Gasteiger partial charge in [-0.15, -0.1) is 0 Å². The molecule has 0 aliphatic rings. The Bertz CT molecular complexity index is 1220. The second kappa shape index (κ2) is 12.6. The number of aliphatic imine (C=N–C) groups is 2. The number of hydrogen-bond acceptors (Lipinski definition) is 6. The molecule has 0 aliphatic carbocycles. The van der Waals surface area contributed by atoms with Crippen LogP contribution in [0.3, 0.4) is 0 Å². The standard InChI is InChI=1S/C32H40N2O4/c1-17-11-19(3)29(20(4)12-17)31(33-15-27(23(7)35)24(8)36)32(34-16-28(25(9)37)26(10)38)30-21(5)13-18(2)14-22(30)6/h11-16,31-32,35,37H,1-10H3/b27-23+,28-25+,33-15?,34-16?/t31-,32?/m0/s1. The summed E-state index contributed by atoms with van der Waals surface area (Å²) in [6, 6.07) is 7.15. The Labute approximate surface area is 226 Å². The van der Waals surface area contributed by atoms with Gasteiger partial charge in [-0.05, 0) is 103 Å². The molecule has 2 rings (SSSR count). The van der Waals surface area contributed by atoms with Crippen LogP contribution in [0.1, 0.15) is 84.3 Å². The first-order valence-corrected chi connectivity index (χ1v) is 12.7. The van der Waals surface area contributed by atoms with Crippen molar-refractivity contribution < 1.29 is 19.8 Å². The number of hydrogen-bond donors (Lipinski definition) is 2. The minimum Gasteiger partial charge on any atom is -0.512 e. The van der Waals surface area contributed by atoms with E-state index in [0.717, 1.165) is 44.5 Å². The van der Waals surface area contributed by atoms with Crippen molar-refractivity contribution in [3.8, 4) is 0 Å². The average molecular weight is 517 g/mol. The lowest BCUT2D eigenvalue weighted by atomic mass is 9.84. The van der Waals surface area contributed by atoms with E-state index in [-0.39, 0.29) is 34.2 Å². The predicted molar refractivity (Wildman–Crippen MR) is 156 cm³/mol. The second-order valence-electron chi connectivity index (χ2n) is 10.2. The Hall–Kier alpha value is -3.80. The first-order valence-electron chi connectivity index (χ1n) is 12.7. The molecular formula is C32H40N2O4. The lowest BCUT2D eigenvalue weighted by Crippen LogP contribution is -2.16. The summed E-state index contributed by atoms with van der Waals surface area (Å²) < 4.78 is 0. The molecule has 0 saturated carbocycles. The minimum absolute atomic E-state index is 0.113. The molecule has 0 fully saturated rings. The maximum absolute atomic E-state index is 12.3. The van der Waals surface area contributed by atoms with E-state index < -0.39 is 12.1 Å². The van der Waals surface area contributed by atoms with Gasteiger partial charge in [-0.1, -0.05) is 35.4 Å². The number of ketones is 2. The van der Waals surface area contributed by atoms with Crippen molar-refractivity contribution in [1.82, 2.24) is 0 Å². The summed E-state index contributed by atoms with van der Waals surface area (Å²) in [5, 5.41) is 20.3. The summed E-state index contributed by atoms with van der Waals surface area (Å²) in [7, 11) is 0. The molecule has 1 unspecified atom stereocenters. The van der Waals surface area contributed by atoms with Crippen LogP contribution in [0.15, 0.2) is 56.9 Å². The fraction of sp³-hybridized carbons (Fsp3) is 0.375. The van der Waals surface area contributed by atoms with E-state index in [0.29, 0.717) is 0 Å². The Kier molecular flexibility index (Phi) is 10.1. The molecule has 38 heavy (non-hydrogen) atoms. The van der Waals surface area contributed by atoms with Gasteiger partial charge in [-0.25, -0.2) is 0 Å². The fourth-order valence-electron chi connectivity index (χ4n) is 5.13. The first-order chi connectivity index (χ1) is 17.6. The smallest absolute Gasteiger partial charge is 0.164 e. The number of rotatable bonds is 9. The molecule has 2 atom stereocenters. The number of carbonyl (C=O) groups is 2. The molecule has 2 aromatic rings. The first kappa shape index (κ1) is 30.4. The highest BCUT2D eigenvalue weighted by molar-refractivity contribution is 6.13. The van der Waals surface area contributed by atoms with Gasteiger partial charge < -0.3 is 10.2 Å². The lowest BCUT2D eigenvalue weighted by Gasteiger charge is -2.28. The van der Waals surface area contributed by atoms with Crippen molar-refractivity contribution in [2.45, 2.75) is 81.3 Å². The van der Waals surface area contributed by atoms with Gasteiger partial charge in [-0.3, -0.25) is 19.6 Å². The zero-order chi connectivity index (χ0) is 28.9. The molecule has 0 heterocycles. The molecule has 2 aromatic carbocycles. The zero-order valence-corrected chi connectivity index (χ0v) is 24.2. The third kappa shape index (κ3) is 7.15. The monoisotopic (exact) mass is 516 g/mol. The topological polar surface area (TPSA) is 99.3 Å². The third-order valence-electron chi connectivity index (χ3n) is 6.63. The summed E-state index contributed by atoms with van der Waals surface area (Å²) in [6.45, 7) is 17.8. The molecule has 0 radical (unpaired) electrons. The number of Topliss-reactive ketones (excluding diaryl/α,β-unsaturated/α-hetero) is 2. The second-order valence-corrected chi connectivity index (χ2v) is 10.2. The molecule has 0 saturated heterocycles. The van der Waals surface area contributed by atoms with E-state index in [1.807, 2.05) is 41.5 Å². The highest BCUT2D eigenvalue weighted by atomic mass is 16.3. The van der Waals surface area contributed by atoms with Gasteiger partial charge in [0.05, 0.1) is 11.1 Å². The van der Waals surface area contributed by atoms with Crippen molar-refractivity contribution in [1.29, 1.82) is 0 Å². The molecular weight excluding hydrogens is 476 g/mol. The van der Waals surface area contributed by atoms with Crippen LogP contribution in [-0.4, -0.2) is 34.2 Å². The lowest BCUT2D eigenvalue weighted by molar-refractivity contribution is -0.114. The maximum atomic E-state index is 12.3. The number of benzene rings is 2. The van der Waals surface area contributed by atoms with Gasteiger partial charge >= 0.3 is 0 Å². The van der Waals surface area contributed by atoms with Crippen LogP contribution in [0.25, 0.3) is 0 Å². The quantitative estimate of drug-likeness (QED) is 0.207. The summed E-state index contributed by atoms with van der Waals surface area (Å²) in [6.07, 6.45) is 2.84. The maximum Gasteiger partial charge on any atom is 0.164 e. The SMILES string of the molecule is CC(=O)/C(C=NC(c1c(C)cc(C)cc1C)[C@@H](N=C/C(C(C)=O)=C(/C)O)c1c(C)cc(C)cc1C)=C(\C)O. The number of aryl methyl sites for hydroxylation is 6. The van der Waals surface area contributed by atoms with Crippen molar-refractivity contribution in [2.24, 2.45) is 9.98 Å². The van der Waals surface area contributed by atoms with E-state index in [4.69, 9.17) is 9.98 Å². The highest BCUT2D eigenvalue weighted by Gasteiger charge is 2.29. The predicted octanol–water partition coefficient (Wildman–Crippen LogP) is 7.30. The fourth-order valence-corrected chi connectivity index (χ4v) is 5.13. The molecule has 0 aliphatic heterocycles. The number of nitrogens with zero attached hydrogens (tertiary/aromatic N) is 2. The van der Waals surface area contributed by atoms with Gasteiger partial charge in [0.25, 0.3) is 0 Å². The Morgan fingerprint density at radius 3 is 1.08 bits per heavy atom. The van der Waals surface area contributed by atoms with Crippen LogP contribution in [0.2, 0.25) is 0 Å². The van der Waals surface area contributed by atoms with Gasteiger partial charge in [0.1, 0.15) is 23.6 Å². The molecule has 0 aromatic heterocycles. The van der Waals surface area contributed by atoms with Crippen LogP contribution >= 0.6 is 0 Å². The zero-order valence-electron chi connectivity index (χ0n) is 24.2. The summed E-state index contributed by atoms with van der Waals surface area (Å²) >= 11 is 0. The summed E-state index contributed by atoms with van der Waals surface area (Å²) in [5.41, 5.74) is 8.42. The molecule has 6 nitrogen and oxygen atoms in total. The largest absolute Gasteiger partial charge is 0.512 e. The van der Waals surface area contributed by atoms with E-state index >= 15 is 0 Å². The summed E-state index contributed by atoms with van der Waals surface area (Å²) in [4.78, 5) is 34.3. The van der Waals surface area contributed by atoms with Gasteiger partial charge in [0.15, 0.2) is 11.6 Å². The van der Waals surface area contributed by atoms with Crippen molar-refractivity contribution in [2.75, 3.05) is 0 Å². The number of aliphatic hydroxyl groups is 2. The van der Waals surface area contributed by atoms with Crippen LogP contribution in [0, 0.1) is 41.5 Å². The highest BCUT2D eigenvalue weighted by Crippen LogP contribution is 2.41. The normalized spacial score (nSPS) is 14.9. The molecule has 0 amide bonds. The van der Waals surface area contributed by atoms with E-state index in [1.165, 1.54) is 40.1 Å². The van der Waals surface area contributed by atoms with Crippen LogP contribution < -0.4 is 0 Å². The van der Waals surface area contributed by atoms with Gasteiger partial charge in [0.2, 0.25) is 0 Å². The van der Waals surface area contributed by atoms with Crippen LogP contribution in [-0.2, 0) is 9.59 Å². The van der Waals surface area contributed by atoms with Crippen molar-refractivity contribution >= 4 is 24.0 Å². The van der Waals surface area contributed by atoms with Gasteiger partial charge in [0, 0.05) is 12.4 Å². The van der Waals surface area contributed by atoms with E-state index in [1.54, 1.807) is 0 Å². The van der Waals surface area contributed by atoms with E-state index in [9.17, 15) is 19.8 Å². The van der Waals surface area contributed by atoms with Crippen LogP contribution in [0.4, 0.5) is 0 Å². The number of carbonyl (C=O) groups excluding carboxylic acids is 2. The molecule has 6 heteroatoms. The third-order valence-corrected chi connectivity index (χ3v) is 6.63. The van der Waals surface area contributed by atoms with Crippen molar-refractivity contribution in [3.05, 3.63) is 91.4 Å². The molecule has 202 valence electrons. The Morgan fingerprint density at radius 2 is 0.868 bits per heavy atom. The van der Waals surface area contributed by atoms with Crippen LogP contribution in [0.5, 0.6) is 0 Å². The van der Waals surface area contributed by atoms with Gasteiger partial charge in [-0.2, -0.15) is 0 Å². The Morgan fingerprint density at radius 1 is 0.605 bits per heavy atom. The number of allylic oxidation sites excluding steroid dienone is 4. The minimum atomic E-state index is -0.590. The average Bonchev–Trinajstić information content (AvgIpc) is 2.74. The summed E-state index contributed by atoms with van der Waals surface area (Å²) in [5.74, 6) is -0.828. The molecule has 0 spiro atoms.